The average molecular weight is 209 g/mol. The molecule has 0 amide bonds. The number of nitrogens with zero attached hydrogens (tertiary/aromatic N) is 3. The number of nitrogens with one attached hydrogen (secondary N) is 1. The second-order valence-corrected chi connectivity index (χ2v) is 3.27. The van der Waals surface area contributed by atoms with Gasteiger partial charge in [0.2, 0.25) is 0 Å². The average Bonchev–Trinajstić information content (AvgIpc) is 2.56. The standard InChI is InChI=1S/C9H9ClN4/c1-14-6-7(5-12-14)13-9-8(10)3-2-4-11-9/h2-6H,1H3,(H,11,13). The molecule has 0 saturated heterocycles. The Balaban J connectivity index is 2.23. The third kappa shape index (κ3) is 1.85. The lowest BCUT2D eigenvalue weighted by Gasteiger charge is -2.02. The number of aryl methyl sites for hydroxylation is 1. The zero-order valence-corrected chi connectivity index (χ0v) is 8.36. The molecule has 2 aromatic rings. The predicted octanol–water partition coefficient (Wildman–Crippen LogP) is 2.21. The quantitative estimate of drug-likeness (QED) is 0.823. The van der Waals surface area contributed by atoms with Gasteiger partial charge < -0.3 is 5.32 Å². The molecule has 5 heteroatoms. The molecule has 0 spiro atoms. The molecule has 0 bridgehead atoms. The number of pyridine rings is 1. The molecule has 0 aliphatic carbocycles. The number of hydrogen-bond acceptors (Lipinski definition) is 3. The molecule has 0 aromatic carbocycles. The fourth-order valence-corrected chi connectivity index (χ4v) is 1.27. The summed E-state index contributed by atoms with van der Waals surface area (Å²) in [6.07, 6.45) is 5.25. The number of hydrogen-bond donors (Lipinski definition) is 1. The SMILES string of the molecule is Cn1cc(Nc2ncccc2Cl)cn1. The molecule has 72 valence electrons. The summed E-state index contributed by atoms with van der Waals surface area (Å²) in [6.45, 7) is 0. The Labute approximate surface area is 86.5 Å². The molecular weight excluding hydrogens is 200 g/mol. The van der Waals surface area contributed by atoms with Gasteiger partial charge in [-0.1, -0.05) is 11.6 Å². The Kier molecular flexibility index (Phi) is 2.37. The summed E-state index contributed by atoms with van der Waals surface area (Å²) in [5.74, 6) is 0.641. The van der Waals surface area contributed by atoms with Gasteiger partial charge in [-0.15, -0.1) is 0 Å². The van der Waals surface area contributed by atoms with Crippen LogP contribution in [-0.2, 0) is 7.05 Å². The van der Waals surface area contributed by atoms with Crippen molar-refractivity contribution >= 4 is 23.1 Å². The molecular formula is C9H9ClN4. The maximum Gasteiger partial charge on any atom is 0.149 e. The van der Waals surface area contributed by atoms with Gasteiger partial charge in [-0.3, -0.25) is 4.68 Å². The van der Waals surface area contributed by atoms with Crippen LogP contribution in [0.3, 0.4) is 0 Å². The van der Waals surface area contributed by atoms with Crippen molar-refractivity contribution in [2.75, 3.05) is 5.32 Å². The number of rotatable bonds is 2. The molecule has 4 nitrogen and oxygen atoms in total. The highest BCUT2D eigenvalue weighted by atomic mass is 35.5. The van der Waals surface area contributed by atoms with Gasteiger partial charge in [0, 0.05) is 19.4 Å². The molecule has 0 aliphatic heterocycles. The summed E-state index contributed by atoms with van der Waals surface area (Å²) in [7, 11) is 1.85. The van der Waals surface area contributed by atoms with Gasteiger partial charge in [0.25, 0.3) is 0 Å². The second-order valence-electron chi connectivity index (χ2n) is 2.86. The largest absolute Gasteiger partial charge is 0.336 e. The van der Waals surface area contributed by atoms with E-state index in [9.17, 15) is 0 Å². The first-order chi connectivity index (χ1) is 6.75. The highest BCUT2D eigenvalue weighted by Gasteiger charge is 2.01. The molecule has 1 N–H and O–H groups in total. The zero-order chi connectivity index (χ0) is 9.97. The molecule has 0 radical (unpaired) electrons. The highest BCUT2D eigenvalue weighted by molar-refractivity contribution is 6.33. The van der Waals surface area contributed by atoms with E-state index in [2.05, 4.69) is 15.4 Å². The van der Waals surface area contributed by atoms with Gasteiger partial charge in [0.15, 0.2) is 0 Å². The molecule has 0 aliphatic rings. The lowest BCUT2D eigenvalue weighted by atomic mass is 10.4. The summed E-state index contributed by atoms with van der Waals surface area (Å²) in [5.41, 5.74) is 0.869. The molecule has 0 atom stereocenters. The summed E-state index contributed by atoms with van der Waals surface area (Å²) < 4.78 is 1.71. The summed E-state index contributed by atoms with van der Waals surface area (Å²) in [5, 5.41) is 7.69. The second kappa shape index (κ2) is 3.67. The van der Waals surface area contributed by atoms with Crippen LogP contribution >= 0.6 is 11.6 Å². The van der Waals surface area contributed by atoms with Crippen LogP contribution in [-0.4, -0.2) is 14.8 Å². The van der Waals surface area contributed by atoms with Crippen LogP contribution < -0.4 is 5.32 Å². The monoisotopic (exact) mass is 208 g/mol. The van der Waals surface area contributed by atoms with Crippen LogP contribution in [0, 0.1) is 0 Å². The third-order valence-electron chi connectivity index (χ3n) is 1.73. The highest BCUT2D eigenvalue weighted by Crippen LogP contribution is 2.21. The van der Waals surface area contributed by atoms with Gasteiger partial charge in [0.1, 0.15) is 5.82 Å². The molecule has 14 heavy (non-hydrogen) atoms. The van der Waals surface area contributed by atoms with E-state index < -0.39 is 0 Å². The van der Waals surface area contributed by atoms with Gasteiger partial charge in [-0.25, -0.2) is 4.98 Å². The maximum atomic E-state index is 5.93. The van der Waals surface area contributed by atoms with Gasteiger partial charge in [-0.05, 0) is 12.1 Å². The first kappa shape index (κ1) is 9.02. The third-order valence-corrected chi connectivity index (χ3v) is 2.03. The van der Waals surface area contributed by atoms with E-state index in [-0.39, 0.29) is 0 Å². The Hall–Kier alpha value is -1.55. The Bertz CT molecular complexity index is 438. The first-order valence-corrected chi connectivity index (χ1v) is 4.50. The van der Waals surface area contributed by atoms with Crippen LogP contribution in [0.15, 0.2) is 30.7 Å². The topological polar surface area (TPSA) is 42.7 Å². The maximum absolute atomic E-state index is 5.93. The van der Waals surface area contributed by atoms with Crippen molar-refractivity contribution in [2.45, 2.75) is 0 Å². The van der Waals surface area contributed by atoms with E-state index in [1.807, 2.05) is 13.2 Å². The minimum Gasteiger partial charge on any atom is -0.336 e. The van der Waals surface area contributed by atoms with Crippen molar-refractivity contribution < 1.29 is 0 Å². The number of anilines is 2. The van der Waals surface area contributed by atoms with E-state index in [0.717, 1.165) is 5.69 Å². The van der Waals surface area contributed by atoms with Crippen LogP contribution in [0.4, 0.5) is 11.5 Å². The summed E-state index contributed by atoms with van der Waals surface area (Å²) in [4.78, 5) is 4.10. The molecule has 2 aromatic heterocycles. The minimum absolute atomic E-state index is 0.594. The van der Waals surface area contributed by atoms with Crippen molar-refractivity contribution in [1.29, 1.82) is 0 Å². The summed E-state index contributed by atoms with van der Waals surface area (Å²) >= 11 is 5.93. The lowest BCUT2D eigenvalue weighted by molar-refractivity contribution is 0.768. The Morgan fingerprint density at radius 3 is 3.00 bits per heavy atom. The molecule has 0 saturated carbocycles. The molecule has 0 fully saturated rings. The van der Waals surface area contributed by atoms with Crippen molar-refractivity contribution in [1.82, 2.24) is 14.8 Å². The van der Waals surface area contributed by atoms with Crippen molar-refractivity contribution in [3.8, 4) is 0 Å². The summed E-state index contributed by atoms with van der Waals surface area (Å²) in [6, 6.07) is 3.57. The molecule has 2 rings (SSSR count). The number of halogens is 1. The van der Waals surface area contributed by atoms with Crippen molar-refractivity contribution in [3.05, 3.63) is 35.7 Å². The normalized spacial score (nSPS) is 10.1. The fraction of sp³-hybridized carbons (Fsp3) is 0.111. The van der Waals surface area contributed by atoms with Crippen LogP contribution in [0.2, 0.25) is 5.02 Å². The van der Waals surface area contributed by atoms with Crippen LogP contribution in [0.25, 0.3) is 0 Å². The van der Waals surface area contributed by atoms with E-state index >= 15 is 0 Å². The van der Waals surface area contributed by atoms with Crippen molar-refractivity contribution in [3.63, 3.8) is 0 Å². The molecule has 2 heterocycles. The predicted molar refractivity (Wildman–Crippen MR) is 55.7 cm³/mol. The van der Waals surface area contributed by atoms with E-state index in [4.69, 9.17) is 11.6 Å². The van der Waals surface area contributed by atoms with Gasteiger partial charge in [0.05, 0.1) is 16.9 Å². The van der Waals surface area contributed by atoms with Crippen LogP contribution in [0.5, 0.6) is 0 Å². The van der Waals surface area contributed by atoms with Gasteiger partial charge in [-0.2, -0.15) is 5.10 Å². The Morgan fingerprint density at radius 2 is 2.36 bits per heavy atom. The lowest BCUT2D eigenvalue weighted by Crippen LogP contribution is -1.92. The van der Waals surface area contributed by atoms with Gasteiger partial charge >= 0.3 is 0 Å². The molecule has 0 unspecified atom stereocenters. The minimum atomic E-state index is 0.594. The number of aromatic nitrogens is 3. The first-order valence-electron chi connectivity index (χ1n) is 4.12. The van der Waals surface area contributed by atoms with Crippen LogP contribution in [0.1, 0.15) is 0 Å². The van der Waals surface area contributed by atoms with E-state index in [0.29, 0.717) is 10.8 Å². The zero-order valence-electron chi connectivity index (χ0n) is 7.61. The fourth-order valence-electron chi connectivity index (χ4n) is 1.10. The van der Waals surface area contributed by atoms with E-state index in [1.54, 1.807) is 29.2 Å². The van der Waals surface area contributed by atoms with E-state index in [1.165, 1.54) is 0 Å². The smallest absolute Gasteiger partial charge is 0.149 e. The van der Waals surface area contributed by atoms with Crippen molar-refractivity contribution in [2.24, 2.45) is 7.05 Å². The Morgan fingerprint density at radius 1 is 1.50 bits per heavy atom.